The summed E-state index contributed by atoms with van der Waals surface area (Å²) in [6.07, 6.45) is 17.3. The Kier molecular flexibility index (Phi) is 12.4. The molecule has 1 aromatic rings. The minimum atomic E-state index is -0.410. The molecule has 2 saturated carbocycles. The van der Waals surface area contributed by atoms with Crippen LogP contribution in [0.3, 0.4) is 0 Å². The lowest BCUT2D eigenvalue weighted by Crippen LogP contribution is -2.28. The first-order valence-electron chi connectivity index (χ1n) is 14.5. The number of rotatable bonds is 12. The standard InChI is InChI=1S/C30H48N2O4/c1-3-35-29(33)31-21-26-19-18-25(17-15-23-11-7-5-8-12-23)27(20-16-24-13-9-6-10-14-24)28(26)22-32-30(34)36-4-2/h18-19,23-24H,3-17,20-22H2,1-2H3,(H,31,33)(H,32,34). The van der Waals surface area contributed by atoms with Gasteiger partial charge < -0.3 is 20.1 Å². The Hall–Kier alpha value is -2.24. The van der Waals surface area contributed by atoms with Gasteiger partial charge in [0.2, 0.25) is 0 Å². The van der Waals surface area contributed by atoms with Gasteiger partial charge in [0.05, 0.1) is 13.2 Å². The molecule has 6 heteroatoms. The first-order valence-corrected chi connectivity index (χ1v) is 14.5. The van der Waals surface area contributed by atoms with Gasteiger partial charge in [0.1, 0.15) is 0 Å². The SMILES string of the molecule is CCOC(=O)NCc1ccc(CCC2CCCCC2)c(CCC2CCCCC2)c1CNC(=O)OCC. The molecule has 0 radical (unpaired) electrons. The van der Waals surface area contributed by atoms with Crippen LogP contribution in [0.1, 0.15) is 113 Å². The maximum Gasteiger partial charge on any atom is 0.407 e. The predicted octanol–water partition coefficient (Wildman–Crippen LogP) is 7.20. The van der Waals surface area contributed by atoms with Gasteiger partial charge in [-0.25, -0.2) is 9.59 Å². The highest BCUT2D eigenvalue weighted by Crippen LogP contribution is 2.32. The summed E-state index contributed by atoms with van der Waals surface area (Å²) in [5.74, 6) is 1.62. The van der Waals surface area contributed by atoms with E-state index in [0.717, 1.165) is 35.8 Å². The van der Waals surface area contributed by atoms with Crippen molar-refractivity contribution in [2.24, 2.45) is 11.8 Å². The third-order valence-electron chi connectivity index (χ3n) is 8.08. The normalized spacial score (nSPS) is 16.9. The van der Waals surface area contributed by atoms with E-state index < -0.39 is 12.2 Å². The van der Waals surface area contributed by atoms with Crippen molar-refractivity contribution >= 4 is 12.2 Å². The van der Waals surface area contributed by atoms with Gasteiger partial charge in [0.25, 0.3) is 0 Å². The summed E-state index contributed by atoms with van der Waals surface area (Å²) < 4.78 is 10.2. The highest BCUT2D eigenvalue weighted by Gasteiger charge is 2.20. The van der Waals surface area contributed by atoms with Gasteiger partial charge >= 0.3 is 12.2 Å². The van der Waals surface area contributed by atoms with Gasteiger partial charge in [-0.05, 0) is 73.6 Å². The molecule has 0 spiro atoms. The fourth-order valence-corrected chi connectivity index (χ4v) is 6.07. The van der Waals surface area contributed by atoms with Crippen molar-refractivity contribution < 1.29 is 19.1 Å². The molecule has 0 heterocycles. The van der Waals surface area contributed by atoms with Crippen LogP contribution < -0.4 is 10.6 Å². The van der Waals surface area contributed by atoms with E-state index in [1.165, 1.54) is 88.2 Å². The molecule has 2 N–H and O–H groups in total. The average molecular weight is 501 g/mol. The Morgan fingerprint density at radius 2 is 1.19 bits per heavy atom. The summed E-state index contributed by atoms with van der Waals surface area (Å²) in [4.78, 5) is 24.2. The number of alkyl carbamates (subject to hydrolysis) is 2. The zero-order valence-corrected chi connectivity index (χ0v) is 22.7. The second-order valence-corrected chi connectivity index (χ2v) is 10.6. The number of ether oxygens (including phenoxy) is 2. The van der Waals surface area contributed by atoms with Gasteiger partial charge in [-0.15, -0.1) is 0 Å². The van der Waals surface area contributed by atoms with Gasteiger partial charge in [-0.2, -0.15) is 0 Å². The van der Waals surface area contributed by atoms with Gasteiger partial charge in [0, 0.05) is 13.1 Å². The first-order chi connectivity index (χ1) is 17.6. The zero-order valence-electron chi connectivity index (χ0n) is 22.7. The molecular weight excluding hydrogens is 452 g/mol. The van der Waals surface area contributed by atoms with E-state index in [4.69, 9.17) is 9.47 Å². The van der Waals surface area contributed by atoms with Crippen molar-refractivity contribution in [1.29, 1.82) is 0 Å². The maximum atomic E-state index is 12.2. The van der Waals surface area contributed by atoms with Crippen molar-refractivity contribution in [3.63, 3.8) is 0 Å². The molecular formula is C30H48N2O4. The van der Waals surface area contributed by atoms with Crippen LogP contribution in [0.15, 0.2) is 12.1 Å². The summed E-state index contributed by atoms with van der Waals surface area (Å²) in [5, 5.41) is 5.84. The average Bonchev–Trinajstić information content (AvgIpc) is 2.90. The van der Waals surface area contributed by atoms with E-state index in [2.05, 4.69) is 22.8 Å². The number of carbonyl (C=O) groups is 2. The predicted molar refractivity (Wildman–Crippen MR) is 144 cm³/mol. The fraction of sp³-hybridized carbons (Fsp3) is 0.733. The molecule has 2 aliphatic carbocycles. The quantitative estimate of drug-likeness (QED) is 0.318. The van der Waals surface area contributed by atoms with E-state index in [1.807, 2.05) is 6.92 Å². The lowest BCUT2D eigenvalue weighted by molar-refractivity contribution is 0.150. The Morgan fingerprint density at radius 1 is 0.694 bits per heavy atom. The number of aryl methyl sites for hydroxylation is 1. The summed E-state index contributed by atoms with van der Waals surface area (Å²) in [5.41, 5.74) is 4.96. The summed E-state index contributed by atoms with van der Waals surface area (Å²) in [6.45, 7) is 5.11. The highest BCUT2D eigenvalue weighted by atomic mass is 16.6. The van der Waals surface area contributed by atoms with Crippen LogP contribution in [0.4, 0.5) is 9.59 Å². The third kappa shape index (κ3) is 9.33. The molecule has 0 aromatic heterocycles. The molecule has 202 valence electrons. The minimum Gasteiger partial charge on any atom is -0.450 e. The lowest BCUT2D eigenvalue weighted by Gasteiger charge is -2.26. The smallest absolute Gasteiger partial charge is 0.407 e. The molecule has 2 amide bonds. The monoisotopic (exact) mass is 500 g/mol. The number of hydrogen-bond acceptors (Lipinski definition) is 4. The van der Waals surface area contributed by atoms with E-state index in [0.29, 0.717) is 26.3 Å². The number of amides is 2. The summed E-state index contributed by atoms with van der Waals surface area (Å²) in [6, 6.07) is 4.41. The van der Waals surface area contributed by atoms with Crippen LogP contribution in [-0.4, -0.2) is 25.4 Å². The van der Waals surface area contributed by atoms with Gasteiger partial charge in [-0.3, -0.25) is 0 Å². The van der Waals surface area contributed by atoms with Crippen LogP contribution >= 0.6 is 0 Å². The van der Waals surface area contributed by atoms with Gasteiger partial charge in [0.15, 0.2) is 0 Å². The van der Waals surface area contributed by atoms with Crippen molar-refractivity contribution in [2.45, 2.75) is 117 Å². The second kappa shape index (κ2) is 15.8. The van der Waals surface area contributed by atoms with E-state index in [-0.39, 0.29) is 0 Å². The highest BCUT2D eigenvalue weighted by molar-refractivity contribution is 5.68. The van der Waals surface area contributed by atoms with Gasteiger partial charge in [-0.1, -0.05) is 76.3 Å². The van der Waals surface area contributed by atoms with Crippen molar-refractivity contribution in [3.8, 4) is 0 Å². The molecule has 0 aliphatic heterocycles. The molecule has 0 unspecified atom stereocenters. The van der Waals surface area contributed by atoms with Crippen LogP contribution in [0.2, 0.25) is 0 Å². The van der Waals surface area contributed by atoms with E-state index in [1.54, 1.807) is 6.92 Å². The zero-order chi connectivity index (χ0) is 25.6. The Balaban J connectivity index is 1.83. The first kappa shape index (κ1) is 28.3. The van der Waals surface area contributed by atoms with Crippen LogP contribution in [0.5, 0.6) is 0 Å². The number of hydrogen-bond donors (Lipinski definition) is 2. The Bertz CT molecular complexity index is 813. The molecule has 2 fully saturated rings. The number of nitrogens with one attached hydrogen (secondary N) is 2. The third-order valence-corrected chi connectivity index (χ3v) is 8.08. The fourth-order valence-electron chi connectivity index (χ4n) is 6.07. The molecule has 36 heavy (non-hydrogen) atoms. The summed E-state index contributed by atoms with van der Waals surface area (Å²) >= 11 is 0. The van der Waals surface area contributed by atoms with Crippen LogP contribution in [0, 0.1) is 11.8 Å². The van der Waals surface area contributed by atoms with E-state index >= 15 is 0 Å². The molecule has 6 nitrogen and oxygen atoms in total. The van der Waals surface area contributed by atoms with Crippen molar-refractivity contribution in [3.05, 3.63) is 34.4 Å². The Labute approximate surface area is 218 Å². The lowest BCUT2D eigenvalue weighted by atomic mass is 9.81. The van der Waals surface area contributed by atoms with E-state index in [9.17, 15) is 9.59 Å². The van der Waals surface area contributed by atoms with Crippen molar-refractivity contribution in [2.75, 3.05) is 13.2 Å². The maximum absolute atomic E-state index is 12.2. The Morgan fingerprint density at radius 3 is 1.75 bits per heavy atom. The largest absolute Gasteiger partial charge is 0.450 e. The molecule has 1 aromatic carbocycles. The second-order valence-electron chi connectivity index (χ2n) is 10.6. The van der Waals surface area contributed by atoms with Crippen LogP contribution in [0.25, 0.3) is 0 Å². The number of benzene rings is 1. The van der Waals surface area contributed by atoms with Crippen LogP contribution in [-0.2, 0) is 35.4 Å². The molecule has 3 rings (SSSR count). The molecule has 0 bridgehead atoms. The topological polar surface area (TPSA) is 76.7 Å². The van der Waals surface area contributed by atoms with Crippen molar-refractivity contribution in [1.82, 2.24) is 10.6 Å². The minimum absolute atomic E-state index is 0.343. The molecule has 0 saturated heterocycles. The number of carbonyl (C=O) groups excluding carboxylic acids is 2. The molecule has 0 atom stereocenters. The summed E-state index contributed by atoms with van der Waals surface area (Å²) in [7, 11) is 0. The molecule has 2 aliphatic rings.